The Kier molecular flexibility index (Phi) is 7.93. The van der Waals surface area contributed by atoms with Crippen LogP contribution in [-0.4, -0.2) is 62.8 Å². The van der Waals surface area contributed by atoms with Crippen LogP contribution in [0.3, 0.4) is 0 Å². The predicted octanol–water partition coefficient (Wildman–Crippen LogP) is 2.94. The molecule has 6 nitrogen and oxygen atoms in total. The minimum absolute atomic E-state index is 0.0743. The normalized spacial score (nSPS) is 22.2. The first-order valence-corrected chi connectivity index (χ1v) is 12.8. The monoisotopic (exact) mass is 435 g/mol. The van der Waals surface area contributed by atoms with Crippen molar-refractivity contribution in [1.29, 1.82) is 0 Å². The average Bonchev–Trinajstić information content (AvgIpc) is 2.73. The first-order chi connectivity index (χ1) is 14.3. The van der Waals surface area contributed by atoms with E-state index in [1.54, 1.807) is 12.1 Å². The molecule has 168 valence electrons. The van der Waals surface area contributed by atoms with Crippen LogP contribution in [0.2, 0.25) is 0 Å². The highest BCUT2D eigenvalue weighted by Crippen LogP contribution is 2.25. The summed E-state index contributed by atoms with van der Waals surface area (Å²) in [6.45, 7) is 11.1. The Hall–Kier alpha value is -1.44. The number of carbonyl (C=O) groups is 1. The lowest BCUT2D eigenvalue weighted by molar-refractivity contribution is -0.126. The Morgan fingerprint density at radius 3 is 2.50 bits per heavy atom. The van der Waals surface area contributed by atoms with Crippen molar-refractivity contribution in [2.75, 3.05) is 39.3 Å². The quantitative estimate of drug-likeness (QED) is 0.669. The summed E-state index contributed by atoms with van der Waals surface area (Å²) >= 11 is 0. The summed E-state index contributed by atoms with van der Waals surface area (Å²) in [5, 5.41) is 3.07. The summed E-state index contributed by atoms with van der Waals surface area (Å²) in [5.74, 6) is 0.759. The number of hydrogen-bond donors (Lipinski definition) is 1. The van der Waals surface area contributed by atoms with Gasteiger partial charge in [-0.15, -0.1) is 0 Å². The van der Waals surface area contributed by atoms with Gasteiger partial charge in [-0.2, -0.15) is 4.31 Å². The number of amides is 1. The summed E-state index contributed by atoms with van der Waals surface area (Å²) in [6, 6.07) is 5.28. The van der Waals surface area contributed by atoms with Crippen LogP contribution in [-0.2, 0) is 14.8 Å². The lowest BCUT2D eigenvalue weighted by Gasteiger charge is -2.31. The first-order valence-electron chi connectivity index (χ1n) is 11.3. The Bertz CT molecular complexity index is 832. The number of aryl methyl sites for hydroxylation is 2. The number of hydrogen-bond acceptors (Lipinski definition) is 4. The van der Waals surface area contributed by atoms with E-state index in [1.165, 1.54) is 30.2 Å². The zero-order valence-corrected chi connectivity index (χ0v) is 19.5. The summed E-state index contributed by atoms with van der Waals surface area (Å²) in [5.41, 5.74) is 2.06. The fraction of sp³-hybridized carbons (Fsp3) is 0.696. The van der Waals surface area contributed by atoms with Crippen molar-refractivity contribution < 1.29 is 13.2 Å². The van der Waals surface area contributed by atoms with E-state index in [0.717, 1.165) is 30.0 Å². The largest absolute Gasteiger partial charge is 0.356 e. The molecule has 1 unspecified atom stereocenters. The molecule has 1 aromatic rings. The predicted molar refractivity (Wildman–Crippen MR) is 120 cm³/mol. The topological polar surface area (TPSA) is 69.7 Å². The SMILES string of the molecule is Cc1ccc(S(=O)(=O)N2CCC(C(=O)NCCCN3CCCC(C)C3)CC2)cc1C. The van der Waals surface area contributed by atoms with Crippen LogP contribution in [0.25, 0.3) is 0 Å². The zero-order chi connectivity index (χ0) is 21.7. The number of sulfonamides is 1. The van der Waals surface area contributed by atoms with E-state index in [2.05, 4.69) is 17.1 Å². The number of carbonyl (C=O) groups excluding carboxylic acids is 1. The van der Waals surface area contributed by atoms with Gasteiger partial charge in [0.15, 0.2) is 0 Å². The van der Waals surface area contributed by atoms with E-state index in [4.69, 9.17) is 0 Å². The van der Waals surface area contributed by atoms with Gasteiger partial charge in [0.1, 0.15) is 0 Å². The van der Waals surface area contributed by atoms with Crippen molar-refractivity contribution in [2.24, 2.45) is 11.8 Å². The van der Waals surface area contributed by atoms with Crippen LogP contribution in [0.15, 0.2) is 23.1 Å². The maximum Gasteiger partial charge on any atom is 0.243 e. The third-order valence-corrected chi connectivity index (χ3v) is 8.53. The number of benzene rings is 1. The van der Waals surface area contributed by atoms with E-state index in [0.29, 0.717) is 37.4 Å². The second kappa shape index (κ2) is 10.2. The molecule has 1 amide bonds. The lowest BCUT2D eigenvalue weighted by atomic mass is 9.97. The van der Waals surface area contributed by atoms with Crippen molar-refractivity contribution in [3.8, 4) is 0 Å². The fourth-order valence-corrected chi connectivity index (χ4v) is 6.09. The third-order valence-electron chi connectivity index (χ3n) is 6.63. The third kappa shape index (κ3) is 5.83. The Morgan fingerprint density at radius 2 is 1.83 bits per heavy atom. The van der Waals surface area contributed by atoms with Gasteiger partial charge < -0.3 is 10.2 Å². The number of likely N-dealkylation sites (tertiary alicyclic amines) is 1. The van der Waals surface area contributed by atoms with Gasteiger partial charge in [-0.3, -0.25) is 4.79 Å². The summed E-state index contributed by atoms with van der Waals surface area (Å²) < 4.78 is 27.4. The molecule has 1 atom stereocenters. The van der Waals surface area contributed by atoms with Gasteiger partial charge in [-0.05, 0) is 88.2 Å². The molecule has 1 aromatic carbocycles. The molecule has 0 bridgehead atoms. The van der Waals surface area contributed by atoms with Crippen LogP contribution >= 0.6 is 0 Å². The fourth-order valence-electron chi connectivity index (χ4n) is 4.53. The first kappa shape index (κ1) is 23.2. The van der Waals surface area contributed by atoms with Gasteiger partial charge in [0.2, 0.25) is 15.9 Å². The lowest BCUT2D eigenvalue weighted by Crippen LogP contribution is -2.43. The molecule has 2 aliphatic heterocycles. The zero-order valence-electron chi connectivity index (χ0n) is 18.7. The van der Waals surface area contributed by atoms with Gasteiger partial charge in [0, 0.05) is 32.1 Å². The molecular weight excluding hydrogens is 398 g/mol. The van der Waals surface area contributed by atoms with Crippen LogP contribution in [0.1, 0.15) is 50.2 Å². The second-order valence-electron chi connectivity index (χ2n) is 9.12. The minimum Gasteiger partial charge on any atom is -0.356 e. The molecule has 2 saturated heterocycles. The van der Waals surface area contributed by atoms with Gasteiger partial charge in [-0.25, -0.2) is 8.42 Å². The maximum atomic E-state index is 12.9. The number of rotatable bonds is 7. The molecule has 3 rings (SSSR count). The molecule has 2 fully saturated rings. The van der Waals surface area contributed by atoms with E-state index in [-0.39, 0.29) is 11.8 Å². The van der Waals surface area contributed by atoms with Crippen molar-refractivity contribution >= 4 is 15.9 Å². The molecule has 1 N–H and O–H groups in total. The molecular formula is C23H37N3O3S. The minimum atomic E-state index is -3.49. The molecule has 30 heavy (non-hydrogen) atoms. The number of nitrogens with zero attached hydrogens (tertiary/aromatic N) is 2. The molecule has 0 aromatic heterocycles. The van der Waals surface area contributed by atoms with Gasteiger partial charge in [-0.1, -0.05) is 13.0 Å². The number of nitrogens with one attached hydrogen (secondary N) is 1. The molecule has 2 aliphatic rings. The highest BCUT2D eigenvalue weighted by molar-refractivity contribution is 7.89. The Morgan fingerprint density at radius 1 is 1.10 bits per heavy atom. The van der Waals surface area contributed by atoms with Gasteiger partial charge in [0.25, 0.3) is 0 Å². The van der Waals surface area contributed by atoms with Crippen LogP contribution in [0, 0.1) is 25.7 Å². The van der Waals surface area contributed by atoms with E-state index >= 15 is 0 Å². The smallest absolute Gasteiger partial charge is 0.243 e. The highest BCUT2D eigenvalue weighted by Gasteiger charge is 2.32. The molecule has 0 aliphatic carbocycles. The molecule has 0 spiro atoms. The standard InChI is InChI=1S/C23H37N3O3S/c1-18-6-4-12-25(17-18)13-5-11-24-23(27)21-9-14-26(15-10-21)30(28,29)22-8-7-19(2)20(3)16-22/h7-8,16,18,21H,4-6,9-15,17H2,1-3H3,(H,24,27). The van der Waals surface area contributed by atoms with Crippen molar-refractivity contribution in [3.05, 3.63) is 29.3 Å². The summed E-state index contributed by atoms with van der Waals surface area (Å²) in [4.78, 5) is 15.4. The van der Waals surface area contributed by atoms with E-state index < -0.39 is 10.0 Å². The van der Waals surface area contributed by atoms with Gasteiger partial charge >= 0.3 is 0 Å². The molecule has 2 heterocycles. The van der Waals surface area contributed by atoms with E-state index in [1.807, 2.05) is 19.9 Å². The van der Waals surface area contributed by atoms with Crippen LogP contribution < -0.4 is 5.32 Å². The highest BCUT2D eigenvalue weighted by atomic mass is 32.2. The molecule has 0 saturated carbocycles. The van der Waals surface area contributed by atoms with E-state index in [9.17, 15) is 13.2 Å². The Labute approximate surface area is 182 Å². The van der Waals surface area contributed by atoms with Crippen molar-refractivity contribution in [3.63, 3.8) is 0 Å². The molecule has 7 heteroatoms. The molecule has 0 radical (unpaired) electrons. The van der Waals surface area contributed by atoms with Crippen molar-refractivity contribution in [1.82, 2.24) is 14.5 Å². The average molecular weight is 436 g/mol. The van der Waals surface area contributed by atoms with Crippen LogP contribution in [0.5, 0.6) is 0 Å². The Balaban J connectivity index is 1.42. The second-order valence-corrected chi connectivity index (χ2v) is 11.1. The summed E-state index contributed by atoms with van der Waals surface area (Å²) in [6.07, 6.45) is 4.74. The van der Waals surface area contributed by atoms with Crippen molar-refractivity contribution in [2.45, 2.75) is 57.8 Å². The van der Waals surface area contributed by atoms with Gasteiger partial charge in [0.05, 0.1) is 4.90 Å². The number of piperidine rings is 2. The maximum absolute atomic E-state index is 12.9. The summed E-state index contributed by atoms with van der Waals surface area (Å²) in [7, 11) is -3.49. The van der Waals surface area contributed by atoms with Crippen LogP contribution in [0.4, 0.5) is 0 Å².